The number of rotatable bonds is 8. The number of ether oxygens (including phenoxy) is 3. The summed E-state index contributed by atoms with van der Waals surface area (Å²) in [5.74, 6) is -1.02. The monoisotopic (exact) mass is 308 g/mol. The second-order valence-electron chi connectivity index (χ2n) is 5.02. The molecule has 1 unspecified atom stereocenters. The maximum absolute atomic E-state index is 12.2. The molecule has 0 saturated carbocycles. The van der Waals surface area contributed by atoms with Gasteiger partial charge in [-0.25, -0.2) is 0 Å². The number of carbonyl (C=O) groups excluding carboxylic acids is 2. The second kappa shape index (κ2) is 9.07. The van der Waals surface area contributed by atoms with Crippen molar-refractivity contribution in [2.75, 3.05) is 13.2 Å². The van der Waals surface area contributed by atoms with Crippen molar-refractivity contribution in [2.24, 2.45) is 0 Å². The van der Waals surface area contributed by atoms with Crippen LogP contribution in [0.15, 0.2) is 24.3 Å². The molecule has 0 N–H and O–H groups in total. The number of carbonyl (C=O) groups is 2. The molecule has 1 atom stereocenters. The summed E-state index contributed by atoms with van der Waals surface area (Å²) in [6.45, 7) is 7.80. The molecule has 0 heterocycles. The van der Waals surface area contributed by atoms with Crippen LogP contribution in [-0.4, -0.2) is 31.3 Å². The molecule has 0 spiro atoms. The molecule has 0 fully saturated rings. The van der Waals surface area contributed by atoms with Gasteiger partial charge in [0.15, 0.2) is 0 Å². The highest BCUT2D eigenvalue weighted by atomic mass is 16.5. The maximum atomic E-state index is 12.2. The predicted molar refractivity (Wildman–Crippen MR) is 82.8 cm³/mol. The molecular weight excluding hydrogens is 284 g/mol. The molecule has 0 aliphatic heterocycles. The zero-order chi connectivity index (χ0) is 16.5. The van der Waals surface area contributed by atoms with Gasteiger partial charge in [0.05, 0.1) is 31.7 Å². The van der Waals surface area contributed by atoms with Crippen molar-refractivity contribution < 1.29 is 23.8 Å². The summed E-state index contributed by atoms with van der Waals surface area (Å²) in [5.41, 5.74) is 0.641. The fourth-order valence-electron chi connectivity index (χ4n) is 2.08. The Morgan fingerprint density at radius 1 is 1.05 bits per heavy atom. The van der Waals surface area contributed by atoms with E-state index >= 15 is 0 Å². The summed E-state index contributed by atoms with van der Waals surface area (Å²) in [7, 11) is 0. The molecule has 0 bridgehead atoms. The van der Waals surface area contributed by atoms with E-state index in [2.05, 4.69) is 0 Å². The summed E-state index contributed by atoms with van der Waals surface area (Å²) in [6.07, 6.45) is -0.0999. The van der Waals surface area contributed by atoms with Crippen LogP contribution in [0.3, 0.4) is 0 Å². The Balaban J connectivity index is 3.09. The Bertz CT molecular complexity index is 496. The molecule has 22 heavy (non-hydrogen) atoms. The quantitative estimate of drug-likeness (QED) is 0.691. The van der Waals surface area contributed by atoms with Crippen LogP contribution in [0, 0.1) is 0 Å². The summed E-state index contributed by atoms with van der Waals surface area (Å²) in [4.78, 5) is 24.0. The molecule has 1 rings (SSSR count). The van der Waals surface area contributed by atoms with Crippen molar-refractivity contribution in [3.05, 3.63) is 29.8 Å². The Morgan fingerprint density at radius 3 is 2.27 bits per heavy atom. The van der Waals surface area contributed by atoms with E-state index < -0.39 is 17.9 Å². The van der Waals surface area contributed by atoms with Gasteiger partial charge in [0, 0.05) is 5.56 Å². The topological polar surface area (TPSA) is 61.8 Å². The van der Waals surface area contributed by atoms with E-state index in [4.69, 9.17) is 14.2 Å². The lowest BCUT2D eigenvalue weighted by Gasteiger charge is -2.20. The molecule has 0 aliphatic rings. The van der Waals surface area contributed by atoms with Crippen molar-refractivity contribution in [2.45, 2.75) is 46.1 Å². The van der Waals surface area contributed by atoms with Crippen molar-refractivity contribution in [3.8, 4) is 5.75 Å². The van der Waals surface area contributed by atoms with Crippen LogP contribution in [-0.2, 0) is 19.1 Å². The lowest BCUT2D eigenvalue weighted by molar-refractivity contribution is -0.151. The minimum Gasteiger partial charge on any atom is -0.491 e. The SMILES string of the molecule is CCOC(=O)CC(C(=O)OCC)c1ccccc1OC(C)C. The number of hydrogen-bond donors (Lipinski definition) is 0. The van der Waals surface area contributed by atoms with Crippen LogP contribution in [0.1, 0.15) is 45.6 Å². The smallest absolute Gasteiger partial charge is 0.314 e. The van der Waals surface area contributed by atoms with Crippen LogP contribution in [0.4, 0.5) is 0 Å². The highest BCUT2D eigenvalue weighted by molar-refractivity contribution is 5.85. The first kappa shape index (κ1) is 18.0. The third-order valence-electron chi connectivity index (χ3n) is 2.90. The molecule has 122 valence electrons. The van der Waals surface area contributed by atoms with E-state index in [-0.39, 0.29) is 25.7 Å². The minimum atomic E-state index is -0.728. The van der Waals surface area contributed by atoms with Crippen molar-refractivity contribution in [1.29, 1.82) is 0 Å². The summed E-state index contributed by atoms with van der Waals surface area (Å²) >= 11 is 0. The lowest BCUT2D eigenvalue weighted by atomic mass is 9.94. The van der Waals surface area contributed by atoms with Gasteiger partial charge in [-0.3, -0.25) is 9.59 Å². The van der Waals surface area contributed by atoms with Gasteiger partial charge in [0.25, 0.3) is 0 Å². The lowest BCUT2D eigenvalue weighted by Crippen LogP contribution is -2.22. The Kier molecular flexibility index (Phi) is 7.43. The van der Waals surface area contributed by atoms with Crippen LogP contribution >= 0.6 is 0 Å². The zero-order valence-electron chi connectivity index (χ0n) is 13.6. The average molecular weight is 308 g/mol. The highest BCUT2D eigenvalue weighted by Gasteiger charge is 2.28. The largest absolute Gasteiger partial charge is 0.491 e. The molecule has 0 aliphatic carbocycles. The fourth-order valence-corrected chi connectivity index (χ4v) is 2.08. The van der Waals surface area contributed by atoms with Gasteiger partial charge in [0.1, 0.15) is 5.75 Å². The normalized spacial score (nSPS) is 11.9. The first-order valence-electron chi connectivity index (χ1n) is 7.57. The minimum absolute atomic E-state index is 0.0356. The van der Waals surface area contributed by atoms with Crippen LogP contribution in [0.2, 0.25) is 0 Å². The van der Waals surface area contributed by atoms with Gasteiger partial charge in [0.2, 0.25) is 0 Å². The molecule has 5 nitrogen and oxygen atoms in total. The Morgan fingerprint density at radius 2 is 1.68 bits per heavy atom. The zero-order valence-corrected chi connectivity index (χ0v) is 13.6. The summed E-state index contributed by atoms with van der Waals surface area (Å²) in [5, 5.41) is 0. The van der Waals surface area contributed by atoms with E-state index in [0.717, 1.165) is 0 Å². The molecule has 1 aromatic carbocycles. The first-order chi connectivity index (χ1) is 10.5. The van der Waals surface area contributed by atoms with Crippen molar-refractivity contribution in [3.63, 3.8) is 0 Å². The number of hydrogen-bond acceptors (Lipinski definition) is 5. The molecule has 0 amide bonds. The van der Waals surface area contributed by atoms with Crippen LogP contribution in [0.25, 0.3) is 0 Å². The summed E-state index contributed by atoms with van der Waals surface area (Å²) in [6, 6.07) is 7.19. The maximum Gasteiger partial charge on any atom is 0.314 e. The molecule has 0 radical (unpaired) electrons. The van der Waals surface area contributed by atoms with Gasteiger partial charge >= 0.3 is 11.9 Å². The van der Waals surface area contributed by atoms with E-state index in [0.29, 0.717) is 11.3 Å². The van der Waals surface area contributed by atoms with Gasteiger partial charge in [-0.1, -0.05) is 18.2 Å². The van der Waals surface area contributed by atoms with Crippen molar-refractivity contribution >= 4 is 11.9 Å². The molecule has 0 saturated heterocycles. The van der Waals surface area contributed by atoms with Gasteiger partial charge < -0.3 is 14.2 Å². The standard InChI is InChI=1S/C17H24O5/c1-5-20-16(18)11-14(17(19)21-6-2)13-9-7-8-10-15(13)22-12(3)4/h7-10,12,14H,5-6,11H2,1-4H3. The van der Waals surface area contributed by atoms with E-state index in [9.17, 15) is 9.59 Å². The highest BCUT2D eigenvalue weighted by Crippen LogP contribution is 2.31. The first-order valence-corrected chi connectivity index (χ1v) is 7.57. The Labute approximate surface area is 131 Å². The predicted octanol–water partition coefficient (Wildman–Crippen LogP) is 3.07. The molecule has 0 aromatic heterocycles. The number of esters is 2. The average Bonchev–Trinajstić information content (AvgIpc) is 2.45. The third-order valence-corrected chi connectivity index (χ3v) is 2.90. The van der Waals surface area contributed by atoms with Crippen LogP contribution in [0.5, 0.6) is 5.75 Å². The second-order valence-corrected chi connectivity index (χ2v) is 5.02. The number of benzene rings is 1. The Hall–Kier alpha value is -2.04. The van der Waals surface area contributed by atoms with Crippen molar-refractivity contribution in [1.82, 2.24) is 0 Å². The van der Waals surface area contributed by atoms with Gasteiger partial charge in [-0.15, -0.1) is 0 Å². The molecular formula is C17H24O5. The molecule has 5 heteroatoms. The van der Waals surface area contributed by atoms with E-state index in [1.807, 2.05) is 19.9 Å². The van der Waals surface area contributed by atoms with Crippen LogP contribution < -0.4 is 4.74 Å². The van der Waals surface area contributed by atoms with Gasteiger partial charge in [-0.2, -0.15) is 0 Å². The summed E-state index contributed by atoms with van der Waals surface area (Å²) < 4.78 is 15.8. The molecule has 1 aromatic rings. The fraction of sp³-hybridized carbons (Fsp3) is 0.529. The number of para-hydroxylation sites is 1. The van der Waals surface area contributed by atoms with Gasteiger partial charge in [-0.05, 0) is 33.8 Å². The van der Waals surface area contributed by atoms with E-state index in [1.165, 1.54) is 0 Å². The van der Waals surface area contributed by atoms with E-state index in [1.54, 1.807) is 32.0 Å². The third kappa shape index (κ3) is 5.39.